The number of rotatable bonds is 5. The maximum absolute atomic E-state index is 12.8. The summed E-state index contributed by atoms with van der Waals surface area (Å²) in [5.41, 5.74) is 1.29. The molecule has 132 valence electrons. The molecule has 0 saturated carbocycles. The highest BCUT2D eigenvalue weighted by molar-refractivity contribution is 5.57. The Morgan fingerprint density at radius 3 is 2.36 bits per heavy atom. The molecule has 0 atom stereocenters. The SMILES string of the molecule is FC(F)c1nnc2ccc(Nc3ccc(CCC(F)(F)F)cc3)nn12. The molecule has 1 N–H and O–H groups in total. The minimum Gasteiger partial charge on any atom is -0.339 e. The Hall–Kier alpha value is -2.78. The first-order valence-corrected chi connectivity index (χ1v) is 7.25. The van der Waals surface area contributed by atoms with E-state index in [4.69, 9.17) is 0 Å². The van der Waals surface area contributed by atoms with Crippen LogP contribution in [0.4, 0.5) is 33.5 Å². The molecule has 0 radical (unpaired) electrons. The van der Waals surface area contributed by atoms with Gasteiger partial charge in [-0.25, -0.2) is 8.78 Å². The molecule has 2 heterocycles. The number of nitrogens with zero attached hydrogens (tertiary/aromatic N) is 4. The van der Waals surface area contributed by atoms with Gasteiger partial charge in [0.2, 0.25) is 5.82 Å². The molecule has 3 aromatic rings. The molecule has 0 aliphatic carbocycles. The van der Waals surface area contributed by atoms with Gasteiger partial charge in [-0.05, 0) is 36.2 Å². The number of halogens is 5. The third kappa shape index (κ3) is 4.20. The van der Waals surface area contributed by atoms with Crippen LogP contribution in [0.5, 0.6) is 0 Å². The van der Waals surface area contributed by atoms with Crippen LogP contribution < -0.4 is 5.32 Å². The molecular formula is C15H12F5N5. The zero-order valence-corrected chi connectivity index (χ0v) is 12.6. The molecule has 0 aliphatic rings. The van der Waals surface area contributed by atoms with Crippen molar-refractivity contribution >= 4 is 17.2 Å². The Kier molecular flexibility index (Phi) is 4.51. The van der Waals surface area contributed by atoms with E-state index in [0.29, 0.717) is 11.3 Å². The lowest BCUT2D eigenvalue weighted by Gasteiger charge is -2.09. The second-order valence-electron chi connectivity index (χ2n) is 5.28. The van der Waals surface area contributed by atoms with Crippen LogP contribution in [0, 0.1) is 0 Å². The van der Waals surface area contributed by atoms with Crippen LogP contribution in [-0.2, 0) is 6.42 Å². The molecule has 2 aromatic heterocycles. The summed E-state index contributed by atoms with van der Waals surface area (Å²) in [4.78, 5) is 0. The van der Waals surface area contributed by atoms with Gasteiger partial charge in [0.15, 0.2) is 11.5 Å². The van der Waals surface area contributed by atoms with Crippen molar-refractivity contribution in [1.29, 1.82) is 0 Å². The number of benzene rings is 1. The van der Waals surface area contributed by atoms with Crippen molar-refractivity contribution in [2.24, 2.45) is 0 Å². The predicted molar refractivity (Wildman–Crippen MR) is 79.8 cm³/mol. The first-order chi connectivity index (χ1) is 11.8. The summed E-state index contributed by atoms with van der Waals surface area (Å²) >= 11 is 0. The highest BCUT2D eigenvalue weighted by atomic mass is 19.4. The highest BCUT2D eigenvalue weighted by Crippen LogP contribution is 2.23. The van der Waals surface area contributed by atoms with Crippen LogP contribution in [0.1, 0.15) is 24.2 Å². The molecule has 10 heteroatoms. The van der Waals surface area contributed by atoms with E-state index in [1.54, 1.807) is 24.3 Å². The number of aromatic nitrogens is 4. The van der Waals surface area contributed by atoms with Gasteiger partial charge in [-0.3, -0.25) is 0 Å². The van der Waals surface area contributed by atoms with E-state index in [1.165, 1.54) is 12.1 Å². The van der Waals surface area contributed by atoms with E-state index in [-0.39, 0.29) is 17.9 Å². The molecule has 0 aliphatic heterocycles. The van der Waals surface area contributed by atoms with Crippen molar-refractivity contribution in [2.45, 2.75) is 25.4 Å². The summed E-state index contributed by atoms with van der Waals surface area (Å²) in [7, 11) is 0. The lowest BCUT2D eigenvalue weighted by atomic mass is 10.1. The molecule has 0 amide bonds. The van der Waals surface area contributed by atoms with Crippen molar-refractivity contribution in [3.8, 4) is 0 Å². The lowest BCUT2D eigenvalue weighted by molar-refractivity contribution is -0.133. The van der Waals surface area contributed by atoms with Gasteiger partial charge in [-0.15, -0.1) is 15.3 Å². The molecule has 0 spiro atoms. The van der Waals surface area contributed by atoms with Gasteiger partial charge in [0.1, 0.15) is 0 Å². The summed E-state index contributed by atoms with van der Waals surface area (Å²) in [6, 6.07) is 9.34. The zero-order chi connectivity index (χ0) is 18.0. The van der Waals surface area contributed by atoms with Crippen LogP contribution in [0.25, 0.3) is 5.65 Å². The number of hydrogen-bond donors (Lipinski definition) is 1. The summed E-state index contributed by atoms with van der Waals surface area (Å²) in [5.74, 6) is -0.293. The van der Waals surface area contributed by atoms with E-state index in [1.807, 2.05) is 0 Å². The lowest BCUT2D eigenvalue weighted by Crippen LogP contribution is -2.08. The summed E-state index contributed by atoms with van der Waals surface area (Å²) in [5, 5.41) is 13.9. The number of nitrogens with one attached hydrogen (secondary N) is 1. The van der Waals surface area contributed by atoms with Gasteiger partial charge in [0, 0.05) is 12.1 Å². The predicted octanol–water partition coefficient (Wildman–Crippen LogP) is 4.30. The molecule has 0 unspecified atom stereocenters. The molecule has 0 fully saturated rings. The standard InChI is InChI=1S/C15H12F5N5/c16-13(17)14-23-22-12-6-5-11(24-25(12)14)21-10-3-1-9(2-4-10)7-8-15(18,19)20/h1-6,13H,7-8H2,(H,21,24). The van der Waals surface area contributed by atoms with Crippen molar-refractivity contribution < 1.29 is 22.0 Å². The van der Waals surface area contributed by atoms with E-state index in [2.05, 4.69) is 20.6 Å². The number of aryl methyl sites for hydroxylation is 1. The minimum atomic E-state index is -4.20. The van der Waals surface area contributed by atoms with Crippen LogP contribution in [-0.4, -0.2) is 26.0 Å². The van der Waals surface area contributed by atoms with Crippen molar-refractivity contribution in [1.82, 2.24) is 19.8 Å². The molecule has 25 heavy (non-hydrogen) atoms. The van der Waals surface area contributed by atoms with Gasteiger partial charge in [0.25, 0.3) is 6.43 Å². The third-order valence-electron chi connectivity index (χ3n) is 3.41. The minimum absolute atomic E-state index is 0.105. The first-order valence-electron chi connectivity index (χ1n) is 7.25. The smallest absolute Gasteiger partial charge is 0.339 e. The van der Waals surface area contributed by atoms with Crippen molar-refractivity contribution in [3.05, 3.63) is 47.8 Å². The molecule has 1 aromatic carbocycles. The molecule has 3 rings (SSSR count). The van der Waals surface area contributed by atoms with Gasteiger partial charge >= 0.3 is 6.18 Å². The maximum Gasteiger partial charge on any atom is 0.389 e. The van der Waals surface area contributed by atoms with Crippen molar-refractivity contribution in [2.75, 3.05) is 5.32 Å². The number of fused-ring (bicyclic) bond motifs is 1. The topological polar surface area (TPSA) is 55.1 Å². The Morgan fingerprint density at radius 1 is 1.00 bits per heavy atom. The number of hydrogen-bond acceptors (Lipinski definition) is 4. The van der Waals surface area contributed by atoms with Crippen LogP contribution in [0.15, 0.2) is 36.4 Å². The molecule has 5 nitrogen and oxygen atoms in total. The normalized spacial score (nSPS) is 12.1. The Bertz CT molecular complexity index is 857. The van der Waals surface area contributed by atoms with Crippen LogP contribution in [0.3, 0.4) is 0 Å². The summed E-state index contributed by atoms with van der Waals surface area (Å²) in [6.45, 7) is 0. The average Bonchev–Trinajstić information content (AvgIpc) is 2.97. The molecular weight excluding hydrogens is 345 g/mol. The largest absolute Gasteiger partial charge is 0.389 e. The third-order valence-corrected chi connectivity index (χ3v) is 3.41. The van der Waals surface area contributed by atoms with E-state index < -0.39 is 24.8 Å². The second-order valence-corrected chi connectivity index (χ2v) is 5.28. The van der Waals surface area contributed by atoms with E-state index in [9.17, 15) is 22.0 Å². The second kappa shape index (κ2) is 6.61. The molecule has 0 saturated heterocycles. The summed E-state index contributed by atoms with van der Waals surface area (Å²) < 4.78 is 63.2. The van der Waals surface area contributed by atoms with Gasteiger partial charge in [-0.2, -0.15) is 17.7 Å². The van der Waals surface area contributed by atoms with Crippen LogP contribution in [0.2, 0.25) is 0 Å². The zero-order valence-electron chi connectivity index (χ0n) is 12.6. The monoisotopic (exact) mass is 357 g/mol. The Morgan fingerprint density at radius 2 is 1.72 bits per heavy atom. The van der Waals surface area contributed by atoms with Gasteiger partial charge in [-0.1, -0.05) is 12.1 Å². The number of anilines is 2. The highest BCUT2D eigenvalue weighted by Gasteiger charge is 2.26. The van der Waals surface area contributed by atoms with E-state index >= 15 is 0 Å². The van der Waals surface area contributed by atoms with Gasteiger partial charge in [0.05, 0.1) is 0 Å². The fourth-order valence-corrected chi connectivity index (χ4v) is 2.20. The quantitative estimate of drug-likeness (QED) is 0.692. The van der Waals surface area contributed by atoms with Crippen molar-refractivity contribution in [3.63, 3.8) is 0 Å². The molecule has 0 bridgehead atoms. The fourth-order valence-electron chi connectivity index (χ4n) is 2.20. The summed E-state index contributed by atoms with van der Waals surface area (Å²) in [6.07, 6.45) is -8.00. The van der Waals surface area contributed by atoms with Crippen LogP contribution >= 0.6 is 0 Å². The number of alkyl halides is 5. The van der Waals surface area contributed by atoms with Gasteiger partial charge < -0.3 is 5.32 Å². The Labute approximate surface area is 138 Å². The maximum atomic E-state index is 12.8. The average molecular weight is 357 g/mol. The fraction of sp³-hybridized carbons (Fsp3) is 0.267. The first kappa shape index (κ1) is 17.1. The van der Waals surface area contributed by atoms with E-state index in [0.717, 1.165) is 4.52 Å². The Balaban J connectivity index is 1.73.